The molecule has 0 saturated carbocycles. The summed E-state index contributed by atoms with van der Waals surface area (Å²) in [6, 6.07) is 7.30. The van der Waals surface area contributed by atoms with Gasteiger partial charge in [-0.2, -0.15) is 0 Å². The zero-order chi connectivity index (χ0) is 23.5. The molecule has 0 aliphatic carbocycles. The van der Waals surface area contributed by atoms with Crippen molar-refractivity contribution in [3.63, 3.8) is 0 Å². The Morgan fingerprint density at radius 1 is 1.24 bits per heavy atom. The number of thiazole rings is 1. The van der Waals surface area contributed by atoms with Gasteiger partial charge in [0.15, 0.2) is 11.6 Å². The predicted molar refractivity (Wildman–Crippen MR) is 123 cm³/mol. The maximum atomic E-state index is 14.9. The second-order valence-corrected chi connectivity index (χ2v) is 9.63. The summed E-state index contributed by atoms with van der Waals surface area (Å²) in [5, 5.41) is 3.19. The van der Waals surface area contributed by atoms with Crippen LogP contribution in [0.25, 0.3) is 10.2 Å². The molecule has 2 heterocycles. The lowest BCUT2D eigenvalue weighted by molar-refractivity contribution is -0.121. The maximum Gasteiger partial charge on any atom is 0.263 e. The molecule has 2 amide bonds. The Kier molecular flexibility index (Phi) is 7.21. The molecule has 0 atom stereocenters. The van der Waals surface area contributed by atoms with E-state index in [0.29, 0.717) is 21.5 Å². The molecule has 10 heteroatoms. The molecular formula is C23H22ClF2N3O3S. The molecule has 1 fully saturated rings. The number of aromatic nitrogens is 1. The minimum absolute atomic E-state index is 0.000484. The van der Waals surface area contributed by atoms with Crippen molar-refractivity contribution in [2.75, 3.05) is 19.6 Å². The lowest BCUT2D eigenvalue weighted by Crippen LogP contribution is -2.43. The van der Waals surface area contributed by atoms with Crippen LogP contribution < -0.4 is 10.1 Å². The standard InChI is InChI=1S/C23H22ClF2N3O3S/c1-13-6-8-29(9-7-13)11-19(30)28-23(31)21-15(25)3-4-17(22(21)26)32-12-20-27-16-10-14(24)2-5-18(16)33-20/h2-5,10,13H,6-9,11-12H2,1H3,(H,28,30,31). The molecule has 1 aliphatic rings. The molecule has 1 aromatic heterocycles. The third-order valence-electron chi connectivity index (χ3n) is 5.52. The third kappa shape index (κ3) is 5.66. The number of amides is 2. The van der Waals surface area contributed by atoms with Crippen LogP contribution in [0.4, 0.5) is 8.78 Å². The SMILES string of the molecule is CC1CCN(CC(=O)NC(=O)c2c(F)ccc(OCc3nc4cc(Cl)ccc4s3)c2F)CC1. The van der Waals surface area contributed by atoms with E-state index in [1.54, 1.807) is 12.1 Å². The molecule has 6 nitrogen and oxygen atoms in total. The molecular weight excluding hydrogens is 472 g/mol. The molecule has 33 heavy (non-hydrogen) atoms. The molecule has 0 bridgehead atoms. The van der Waals surface area contributed by atoms with Crippen LogP contribution in [0.1, 0.15) is 35.1 Å². The lowest BCUT2D eigenvalue weighted by Gasteiger charge is -2.29. The smallest absolute Gasteiger partial charge is 0.263 e. The van der Waals surface area contributed by atoms with Crippen LogP contribution in [-0.2, 0) is 11.4 Å². The van der Waals surface area contributed by atoms with E-state index in [1.165, 1.54) is 11.3 Å². The van der Waals surface area contributed by atoms with Crippen LogP contribution >= 0.6 is 22.9 Å². The van der Waals surface area contributed by atoms with Crippen molar-refractivity contribution in [3.8, 4) is 5.75 Å². The summed E-state index contributed by atoms with van der Waals surface area (Å²) >= 11 is 7.31. The number of carbonyl (C=O) groups is 2. The topological polar surface area (TPSA) is 71.5 Å². The second-order valence-electron chi connectivity index (χ2n) is 8.08. The number of hydrogen-bond acceptors (Lipinski definition) is 6. The summed E-state index contributed by atoms with van der Waals surface area (Å²) in [7, 11) is 0. The summed E-state index contributed by atoms with van der Waals surface area (Å²) < 4.78 is 35.5. The number of ether oxygens (including phenoxy) is 1. The van der Waals surface area contributed by atoms with Crippen LogP contribution in [0, 0.1) is 17.6 Å². The van der Waals surface area contributed by atoms with E-state index in [0.717, 1.165) is 42.8 Å². The van der Waals surface area contributed by atoms with Gasteiger partial charge in [-0.05, 0) is 62.2 Å². The fourth-order valence-corrected chi connectivity index (χ4v) is 4.68. The van der Waals surface area contributed by atoms with Crippen molar-refractivity contribution in [3.05, 3.63) is 57.6 Å². The number of likely N-dealkylation sites (tertiary alicyclic amines) is 1. The van der Waals surface area contributed by atoms with Crippen LogP contribution in [0.2, 0.25) is 5.02 Å². The third-order valence-corrected chi connectivity index (χ3v) is 6.77. The Bertz CT molecular complexity index is 1200. The van der Waals surface area contributed by atoms with E-state index in [4.69, 9.17) is 16.3 Å². The normalized spacial score (nSPS) is 15.0. The Morgan fingerprint density at radius 3 is 2.76 bits per heavy atom. The van der Waals surface area contributed by atoms with Crippen LogP contribution in [0.5, 0.6) is 5.75 Å². The first kappa shape index (κ1) is 23.5. The molecule has 2 aromatic carbocycles. The fraction of sp³-hybridized carbons (Fsp3) is 0.348. The quantitative estimate of drug-likeness (QED) is 0.534. The lowest BCUT2D eigenvalue weighted by atomic mass is 9.99. The molecule has 0 unspecified atom stereocenters. The molecule has 1 aliphatic heterocycles. The van der Waals surface area contributed by atoms with Gasteiger partial charge in [-0.3, -0.25) is 19.8 Å². The second kappa shape index (κ2) is 10.1. The molecule has 1 saturated heterocycles. The summed E-state index contributed by atoms with van der Waals surface area (Å²) in [5.41, 5.74) is -0.170. The van der Waals surface area contributed by atoms with E-state index in [9.17, 15) is 18.4 Å². The Labute approximate surface area is 198 Å². The van der Waals surface area contributed by atoms with E-state index >= 15 is 0 Å². The number of imide groups is 1. The van der Waals surface area contributed by atoms with E-state index in [-0.39, 0.29) is 18.9 Å². The average Bonchev–Trinajstić information content (AvgIpc) is 3.16. The summed E-state index contributed by atoms with van der Waals surface area (Å²) in [4.78, 5) is 31.0. The first-order valence-corrected chi connectivity index (χ1v) is 11.7. The Hall–Kier alpha value is -2.62. The van der Waals surface area contributed by atoms with Gasteiger partial charge in [-0.15, -0.1) is 11.3 Å². The van der Waals surface area contributed by atoms with Gasteiger partial charge in [-0.1, -0.05) is 18.5 Å². The number of piperidine rings is 1. The monoisotopic (exact) mass is 493 g/mol. The molecule has 0 spiro atoms. The number of nitrogens with zero attached hydrogens (tertiary/aromatic N) is 2. The largest absolute Gasteiger partial charge is 0.483 e. The van der Waals surface area contributed by atoms with Crippen molar-refractivity contribution in [1.82, 2.24) is 15.2 Å². The van der Waals surface area contributed by atoms with Gasteiger partial charge < -0.3 is 4.74 Å². The van der Waals surface area contributed by atoms with Crippen molar-refractivity contribution in [1.29, 1.82) is 0 Å². The van der Waals surface area contributed by atoms with Gasteiger partial charge in [0.1, 0.15) is 23.0 Å². The van der Waals surface area contributed by atoms with Crippen molar-refractivity contribution in [2.24, 2.45) is 5.92 Å². The number of carbonyl (C=O) groups excluding carboxylic acids is 2. The van der Waals surface area contributed by atoms with Gasteiger partial charge in [-0.25, -0.2) is 13.8 Å². The van der Waals surface area contributed by atoms with Gasteiger partial charge >= 0.3 is 0 Å². The average molecular weight is 494 g/mol. The predicted octanol–water partition coefficient (Wildman–Crippen LogP) is 4.80. The van der Waals surface area contributed by atoms with Crippen LogP contribution in [0.3, 0.4) is 0 Å². The number of hydrogen-bond donors (Lipinski definition) is 1. The zero-order valence-corrected chi connectivity index (χ0v) is 19.4. The maximum absolute atomic E-state index is 14.9. The number of nitrogens with one attached hydrogen (secondary N) is 1. The van der Waals surface area contributed by atoms with Crippen molar-refractivity contribution >= 4 is 45.0 Å². The highest BCUT2D eigenvalue weighted by atomic mass is 35.5. The number of halogens is 3. The number of rotatable bonds is 6. The van der Waals surface area contributed by atoms with Crippen LogP contribution in [0.15, 0.2) is 30.3 Å². The molecule has 0 radical (unpaired) electrons. The minimum atomic E-state index is -1.17. The van der Waals surface area contributed by atoms with Gasteiger partial charge in [0, 0.05) is 5.02 Å². The molecule has 4 rings (SSSR count). The van der Waals surface area contributed by atoms with E-state index in [2.05, 4.69) is 17.2 Å². The van der Waals surface area contributed by atoms with Gasteiger partial charge in [0.2, 0.25) is 5.91 Å². The van der Waals surface area contributed by atoms with Crippen LogP contribution in [-0.4, -0.2) is 41.3 Å². The highest BCUT2D eigenvalue weighted by Gasteiger charge is 2.25. The molecule has 1 N–H and O–H groups in total. The highest BCUT2D eigenvalue weighted by molar-refractivity contribution is 7.18. The molecule has 3 aromatic rings. The van der Waals surface area contributed by atoms with Crippen molar-refractivity contribution in [2.45, 2.75) is 26.4 Å². The molecule has 174 valence electrons. The Morgan fingerprint density at radius 2 is 2.00 bits per heavy atom. The van der Waals surface area contributed by atoms with Gasteiger partial charge in [0.25, 0.3) is 5.91 Å². The minimum Gasteiger partial charge on any atom is -0.483 e. The Balaban J connectivity index is 1.42. The highest BCUT2D eigenvalue weighted by Crippen LogP contribution is 2.28. The summed E-state index contributed by atoms with van der Waals surface area (Å²) in [6.07, 6.45) is 1.93. The summed E-state index contributed by atoms with van der Waals surface area (Å²) in [6.45, 7) is 3.56. The van der Waals surface area contributed by atoms with Crippen molar-refractivity contribution < 1.29 is 23.1 Å². The zero-order valence-electron chi connectivity index (χ0n) is 17.9. The first-order valence-electron chi connectivity index (χ1n) is 10.5. The van der Waals surface area contributed by atoms with E-state index in [1.807, 2.05) is 11.0 Å². The first-order chi connectivity index (χ1) is 15.8. The number of benzene rings is 2. The van der Waals surface area contributed by atoms with E-state index < -0.39 is 29.0 Å². The number of fused-ring (bicyclic) bond motifs is 1. The fourth-order valence-electron chi connectivity index (χ4n) is 3.65. The summed E-state index contributed by atoms with van der Waals surface area (Å²) in [5.74, 6) is -3.70. The van der Waals surface area contributed by atoms with Gasteiger partial charge in [0.05, 0.1) is 16.8 Å².